The quantitative estimate of drug-likeness (QED) is 0.533. The van der Waals surface area contributed by atoms with E-state index in [1.165, 1.54) is 0 Å². The second-order valence-electron chi connectivity index (χ2n) is 1.43. The van der Waals surface area contributed by atoms with Gasteiger partial charge in [0.05, 0.1) is 6.42 Å². The summed E-state index contributed by atoms with van der Waals surface area (Å²) in [5.41, 5.74) is 4.64. The Morgan fingerprint density at radius 2 is 2.00 bits per heavy atom. The molecule has 0 bridgehead atoms. The summed E-state index contributed by atoms with van der Waals surface area (Å²) >= 11 is 0. The van der Waals surface area contributed by atoms with Crippen LogP contribution in [0.15, 0.2) is 0 Å². The number of amides is 2. The largest absolute Gasteiger partial charge is 0.481 e. The number of nitrogens with two attached hydrogens (primary N) is 1. The van der Waals surface area contributed by atoms with Gasteiger partial charge < -0.3 is 16.2 Å². The summed E-state index contributed by atoms with van der Waals surface area (Å²) in [4.78, 5) is 19.7. The van der Waals surface area contributed by atoms with E-state index in [-0.39, 0.29) is 25.4 Å². The van der Waals surface area contributed by atoms with E-state index in [2.05, 4.69) is 11.1 Å². The van der Waals surface area contributed by atoms with E-state index in [1.807, 2.05) is 0 Å². The van der Waals surface area contributed by atoms with Gasteiger partial charge in [-0.1, -0.05) is 0 Å². The first-order valence-electron chi connectivity index (χ1n) is 2.38. The lowest BCUT2D eigenvalue weighted by molar-refractivity contribution is -0.136. The summed E-state index contributed by atoms with van der Waals surface area (Å²) in [5, 5.41) is 10.2. The number of carbonyl (C=O) groups excluding carboxylic acids is 1. The molecule has 0 fully saturated rings. The molecule has 0 aliphatic rings. The number of carboxylic acid groups (broad SMARTS) is 1. The molecule has 10 heavy (non-hydrogen) atoms. The van der Waals surface area contributed by atoms with Gasteiger partial charge in [-0.05, 0) is 0 Å². The van der Waals surface area contributed by atoms with Crippen LogP contribution < -0.4 is 11.1 Å². The highest BCUT2D eigenvalue weighted by Crippen LogP contribution is 1.72. The number of carbonyl (C=O) groups is 2. The molecule has 0 aliphatic carbocycles. The number of primary amides is 1. The molecule has 0 aromatic carbocycles. The van der Waals surface area contributed by atoms with Gasteiger partial charge in [0.1, 0.15) is 0 Å². The van der Waals surface area contributed by atoms with Crippen LogP contribution in [0.5, 0.6) is 0 Å². The summed E-state index contributed by atoms with van der Waals surface area (Å²) < 4.78 is 0. The van der Waals surface area contributed by atoms with Crippen molar-refractivity contribution in [1.29, 1.82) is 0 Å². The fourth-order valence-electron chi connectivity index (χ4n) is 0.293. The summed E-state index contributed by atoms with van der Waals surface area (Å²) in [6, 6.07) is -0.698. The third kappa shape index (κ3) is 10.1. The molecular weight excluding hydrogens is 160 g/mol. The lowest BCUT2D eigenvalue weighted by Gasteiger charge is -1.95. The highest BCUT2D eigenvalue weighted by Gasteiger charge is 1.95. The zero-order valence-electron chi connectivity index (χ0n) is 5.16. The second-order valence-corrected chi connectivity index (χ2v) is 1.43. The van der Waals surface area contributed by atoms with Crippen LogP contribution in [0, 0.1) is 0 Å². The Morgan fingerprint density at radius 1 is 1.50 bits per heavy atom. The van der Waals surface area contributed by atoms with Crippen LogP contribution in [0.1, 0.15) is 6.42 Å². The van der Waals surface area contributed by atoms with Crippen molar-refractivity contribution in [3.8, 4) is 0 Å². The van der Waals surface area contributed by atoms with Gasteiger partial charge in [-0.25, -0.2) is 4.79 Å². The Hall–Kier alpha value is -0.970. The summed E-state index contributed by atoms with van der Waals surface area (Å²) in [6.07, 6.45) is -0.0943. The first-order valence-corrected chi connectivity index (χ1v) is 2.38. The molecule has 0 rings (SSSR count). The average Bonchev–Trinajstić information content (AvgIpc) is 1.63. The zero-order valence-corrected chi connectivity index (χ0v) is 5.98. The maximum Gasteiger partial charge on any atom is 0.312 e. The highest BCUT2D eigenvalue weighted by atomic mass is 35.5. The van der Waals surface area contributed by atoms with Crippen molar-refractivity contribution in [2.24, 2.45) is 5.73 Å². The Morgan fingerprint density at radius 3 is 2.30 bits per heavy atom. The molecule has 0 spiro atoms. The van der Waals surface area contributed by atoms with Crippen molar-refractivity contribution >= 4 is 24.4 Å². The van der Waals surface area contributed by atoms with E-state index in [0.29, 0.717) is 0 Å². The molecule has 0 heterocycles. The van der Waals surface area contributed by atoms with Gasteiger partial charge in [0.2, 0.25) is 0 Å². The fourth-order valence-corrected chi connectivity index (χ4v) is 0.293. The molecule has 0 unspecified atom stereocenters. The molecular formula is C4H9ClN2O3. The molecule has 2 amide bonds. The first kappa shape index (κ1) is 11.8. The van der Waals surface area contributed by atoms with E-state index in [4.69, 9.17) is 5.11 Å². The van der Waals surface area contributed by atoms with Crippen LogP contribution in [0.2, 0.25) is 0 Å². The van der Waals surface area contributed by atoms with Crippen molar-refractivity contribution in [3.63, 3.8) is 0 Å². The number of urea groups is 1. The molecule has 0 saturated heterocycles. The zero-order chi connectivity index (χ0) is 7.28. The van der Waals surface area contributed by atoms with Gasteiger partial charge >= 0.3 is 12.0 Å². The molecule has 5 nitrogen and oxygen atoms in total. The minimum absolute atomic E-state index is 0. The van der Waals surface area contributed by atoms with Crippen LogP contribution in [-0.2, 0) is 4.79 Å². The third-order valence-electron chi connectivity index (χ3n) is 0.638. The standard InChI is InChI=1S/C4H8N2O3.ClH/c5-4(9)6-2-1-3(7)8;/h1-2H2,(H,7,8)(H3,5,6,9);1H. The number of halogens is 1. The monoisotopic (exact) mass is 168 g/mol. The van der Waals surface area contributed by atoms with Gasteiger partial charge in [-0.2, -0.15) is 0 Å². The average molecular weight is 169 g/mol. The molecule has 0 atom stereocenters. The smallest absolute Gasteiger partial charge is 0.312 e. The summed E-state index contributed by atoms with van der Waals surface area (Å²) in [5.74, 6) is -0.955. The number of nitrogens with one attached hydrogen (secondary N) is 1. The fraction of sp³-hybridized carbons (Fsp3) is 0.500. The van der Waals surface area contributed by atoms with E-state index < -0.39 is 12.0 Å². The molecule has 0 aromatic rings. The van der Waals surface area contributed by atoms with E-state index in [9.17, 15) is 9.59 Å². The number of hydrogen-bond acceptors (Lipinski definition) is 2. The summed E-state index contributed by atoms with van der Waals surface area (Å²) in [6.45, 7) is 0.0880. The number of carboxylic acids is 1. The molecule has 0 aromatic heterocycles. The first-order chi connectivity index (χ1) is 4.13. The van der Waals surface area contributed by atoms with E-state index in [0.717, 1.165) is 0 Å². The van der Waals surface area contributed by atoms with Crippen LogP contribution >= 0.6 is 12.4 Å². The minimum Gasteiger partial charge on any atom is -0.481 e. The van der Waals surface area contributed by atoms with E-state index in [1.54, 1.807) is 0 Å². The van der Waals surface area contributed by atoms with Crippen molar-refractivity contribution < 1.29 is 14.7 Å². The van der Waals surface area contributed by atoms with Crippen molar-refractivity contribution in [2.75, 3.05) is 6.54 Å². The molecule has 0 saturated carbocycles. The van der Waals surface area contributed by atoms with Gasteiger partial charge in [0.15, 0.2) is 0 Å². The maximum atomic E-state index is 9.90. The molecule has 0 aliphatic heterocycles. The number of rotatable bonds is 3. The maximum absolute atomic E-state index is 9.90. The lowest BCUT2D eigenvalue weighted by atomic mass is 10.4. The predicted octanol–water partition coefficient (Wildman–Crippen LogP) is -0.449. The Bertz CT molecular complexity index is 114. The van der Waals surface area contributed by atoms with Crippen molar-refractivity contribution in [1.82, 2.24) is 5.32 Å². The summed E-state index contributed by atoms with van der Waals surface area (Å²) in [7, 11) is 0. The van der Waals surface area contributed by atoms with Crippen LogP contribution in [-0.4, -0.2) is 23.7 Å². The van der Waals surface area contributed by atoms with Crippen molar-refractivity contribution in [2.45, 2.75) is 6.42 Å². The van der Waals surface area contributed by atoms with Crippen molar-refractivity contribution in [3.05, 3.63) is 0 Å². The predicted molar refractivity (Wildman–Crippen MR) is 37.1 cm³/mol. The van der Waals surface area contributed by atoms with Crippen LogP contribution in [0.25, 0.3) is 0 Å². The number of hydrogen-bond donors (Lipinski definition) is 3. The molecule has 4 N–H and O–H groups in total. The highest BCUT2D eigenvalue weighted by molar-refractivity contribution is 5.85. The second kappa shape index (κ2) is 6.15. The lowest BCUT2D eigenvalue weighted by Crippen LogP contribution is -2.31. The van der Waals surface area contributed by atoms with Gasteiger partial charge in [-0.3, -0.25) is 4.79 Å². The normalized spacial score (nSPS) is 7.60. The molecule has 6 heteroatoms. The minimum atomic E-state index is -0.955. The van der Waals surface area contributed by atoms with E-state index >= 15 is 0 Å². The molecule has 0 radical (unpaired) electrons. The third-order valence-corrected chi connectivity index (χ3v) is 0.638. The van der Waals surface area contributed by atoms with Gasteiger partial charge in [0, 0.05) is 6.54 Å². The van der Waals surface area contributed by atoms with Gasteiger partial charge in [0.25, 0.3) is 0 Å². The van der Waals surface area contributed by atoms with Gasteiger partial charge in [-0.15, -0.1) is 12.4 Å². The topological polar surface area (TPSA) is 92.4 Å². The molecule has 60 valence electrons. The van der Waals surface area contributed by atoms with Crippen LogP contribution in [0.4, 0.5) is 4.79 Å². The Kier molecular flexibility index (Phi) is 7.25. The Balaban J connectivity index is 0. The number of aliphatic carboxylic acids is 1. The Labute approximate surface area is 64.0 Å². The SMILES string of the molecule is Cl.NC(=O)NCCC(=O)O. The van der Waals surface area contributed by atoms with Crippen LogP contribution in [0.3, 0.4) is 0 Å².